The topological polar surface area (TPSA) is 97.6 Å². The highest BCUT2D eigenvalue weighted by molar-refractivity contribution is 7.07. The van der Waals surface area contributed by atoms with Gasteiger partial charge in [0, 0.05) is 16.7 Å². The molecule has 4 aromatic carbocycles. The number of carbonyl (C=O) groups excluding carboxylic acids is 1. The zero-order chi connectivity index (χ0) is 34.5. The molecule has 0 saturated carbocycles. The van der Waals surface area contributed by atoms with Gasteiger partial charge in [-0.1, -0.05) is 78.1 Å². The summed E-state index contributed by atoms with van der Waals surface area (Å²) in [4.78, 5) is 33.6. The van der Waals surface area contributed by atoms with Crippen LogP contribution in [0.15, 0.2) is 106 Å². The molecule has 0 aliphatic carbocycles. The molecule has 5 aromatic rings. The van der Waals surface area contributed by atoms with Gasteiger partial charge in [0.05, 0.1) is 49.8 Å². The van der Waals surface area contributed by atoms with Crippen LogP contribution in [0.4, 0.5) is 4.39 Å². The average molecular weight is 681 g/mol. The van der Waals surface area contributed by atoms with Gasteiger partial charge >= 0.3 is 5.97 Å². The number of hydrogen-bond acceptors (Lipinski definition) is 9. The van der Waals surface area contributed by atoms with Crippen molar-refractivity contribution in [1.29, 1.82) is 0 Å². The van der Waals surface area contributed by atoms with Gasteiger partial charge in [0.1, 0.15) is 12.4 Å². The van der Waals surface area contributed by atoms with E-state index < -0.39 is 17.8 Å². The molecule has 49 heavy (non-hydrogen) atoms. The summed E-state index contributed by atoms with van der Waals surface area (Å²) in [6, 6.07) is 25.3. The van der Waals surface area contributed by atoms with Crippen molar-refractivity contribution in [3.63, 3.8) is 0 Å². The van der Waals surface area contributed by atoms with Gasteiger partial charge in [-0.05, 0) is 42.8 Å². The number of halogens is 1. The average Bonchev–Trinajstić information content (AvgIpc) is 3.44. The van der Waals surface area contributed by atoms with Crippen molar-refractivity contribution in [2.45, 2.75) is 19.6 Å². The first-order valence-corrected chi connectivity index (χ1v) is 16.2. The fourth-order valence-corrected chi connectivity index (χ4v) is 6.64. The first-order chi connectivity index (χ1) is 23.9. The predicted octanol–water partition coefficient (Wildman–Crippen LogP) is 5.68. The lowest BCUT2D eigenvalue weighted by atomic mass is 9.93. The van der Waals surface area contributed by atoms with Crippen LogP contribution >= 0.6 is 11.3 Å². The summed E-state index contributed by atoms with van der Waals surface area (Å²) < 4.78 is 44.6. The van der Waals surface area contributed by atoms with Crippen LogP contribution < -0.4 is 33.8 Å². The van der Waals surface area contributed by atoms with Gasteiger partial charge < -0.3 is 23.7 Å². The third kappa shape index (κ3) is 6.57. The van der Waals surface area contributed by atoms with Crippen LogP contribution in [0.2, 0.25) is 0 Å². The SMILES string of the molecule is CCOC(=O)C1=C(c2ccccc2)N=c2s/c(=C\c3cccc(OC)c3OCc3ccccc3F)c(=O)n2[C@@H]1c1ccc(OC)c(OC)c1. The molecule has 0 bridgehead atoms. The molecular weight excluding hydrogens is 647 g/mol. The maximum Gasteiger partial charge on any atom is 0.338 e. The molecular formula is C38H33FN2O7S. The summed E-state index contributed by atoms with van der Waals surface area (Å²) >= 11 is 1.17. The summed E-state index contributed by atoms with van der Waals surface area (Å²) in [5.41, 5.74) is 2.39. The number of esters is 1. The second kappa shape index (κ2) is 14.6. The molecule has 6 rings (SSSR count). The number of ether oxygens (including phenoxy) is 5. The third-order valence-electron chi connectivity index (χ3n) is 7.94. The lowest BCUT2D eigenvalue weighted by molar-refractivity contribution is -0.138. The van der Waals surface area contributed by atoms with E-state index in [1.54, 1.807) is 67.6 Å². The number of benzene rings is 4. The fourth-order valence-electron chi connectivity index (χ4n) is 5.65. The molecule has 1 aliphatic heterocycles. The molecule has 0 saturated heterocycles. The van der Waals surface area contributed by atoms with E-state index >= 15 is 0 Å². The molecule has 9 nitrogen and oxygen atoms in total. The molecule has 2 heterocycles. The number of hydrogen-bond donors (Lipinski definition) is 0. The van der Waals surface area contributed by atoms with Crippen LogP contribution in [0.25, 0.3) is 11.8 Å². The number of fused-ring (bicyclic) bond motifs is 1. The molecule has 0 spiro atoms. The van der Waals surface area contributed by atoms with Crippen molar-refractivity contribution in [2.24, 2.45) is 4.99 Å². The summed E-state index contributed by atoms with van der Waals surface area (Å²) in [6.07, 6.45) is 1.69. The Morgan fingerprint density at radius 2 is 1.63 bits per heavy atom. The number of methoxy groups -OCH3 is 3. The minimum absolute atomic E-state index is 0.0578. The molecule has 250 valence electrons. The van der Waals surface area contributed by atoms with E-state index in [0.29, 0.717) is 60.3 Å². The molecule has 1 aliphatic rings. The van der Waals surface area contributed by atoms with Crippen molar-refractivity contribution < 1.29 is 32.9 Å². The van der Waals surface area contributed by atoms with Crippen LogP contribution in [-0.2, 0) is 16.1 Å². The molecule has 1 aromatic heterocycles. The number of carbonyl (C=O) groups is 1. The van der Waals surface area contributed by atoms with Crippen molar-refractivity contribution >= 4 is 29.1 Å². The van der Waals surface area contributed by atoms with Gasteiger partial charge in [0.25, 0.3) is 5.56 Å². The number of para-hydroxylation sites is 1. The monoisotopic (exact) mass is 680 g/mol. The van der Waals surface area contributed by atoms with Gasteiger partial charge in [-0.2, -0.15) is 0 Å². The van der Waals surface area contributed by atoms with Gasteiger partial charge in [0.2, 0.25) is 0 Å². The molecule has 0 radical (unpaired) electrons. The standard InChI is InChI=1S/C38H33FN2O7S/c1-5-47-37(43)32-33(23-12-7-6-8-13-23)40-38-41(34(32)24-18-19-28(44-2)30(20-24)46-4)36(42)31(49-38)21-25-15-11-17-29(45-3)35(25)48-22-26-14-9-10-16-27(26)39/h6-21,34H,5,22H2,1-4H3/b31-21-/t34-/m1/s1. The van der Waals surface area contributed by atoms with E-state index in [1.165, 1.54) is 43.3 Å². The predicted molar refractivity (Wildman–Crippen MR) is 184 cm³/mol. The zero-order valence-electron chi connectivity index (χ0n) is 27.3. The minimum atomic E-state index is -0.922. The largest absolute Gasteiger partial charge is 0.493 e. The van der Waals surface area contributed by atoms with Crippen LogP contribution in [0.5, 0.6) is 23.0 Å². The normalized spacial score (nSPS) is 14.1. The fraction of sp³-hybridized carbons (Fsp3) is 0.184. The summed E-state index contributed by atoms with van der Waals surface area (Å²) in [6.45, 7) is 1.79. The van der Waals surface area contributed by atoms with E-state index in [0.717, 1.165) is 0 Å². The zero-order valence-corrected chi connectivity index (χ0v) is 28.1. The Kier molecular flexibility index (Phi) is 9.91. The van der Waals surface area contributed by atoms with Crippen LogP contribution in [0.1, 0.15) is 35.2 Å². The Labute approximate surface area is 285 Å². The van der Waals surface area contributed by atoms with E-state index in [9.17, 15) is 14.0 Å². The second-order valence-electron chi connectivity index (χ2n) is 10.8. The quantitative estimate of drug-likeness (QED) is 0.166. The van der Waals surface area contributed by atoms with E-state index in [-0.39, 0.29) is 24.3 Å². The Bertz CT molecular complexity index is 2230. The number of thiazole rings is 1. The van der Waals surface area contributed by atoms with E-state index in [2.05, 4.69) is 0 Å². The minimum Gasteiger partial charge on any atom is -0.493 e. The van der Waals surface area contributed by atoms with Crippen LogP contribution in [-0.4, -0.2) is 38.5 Å². The summed E-state index contributed by atoms with van der Waals surface area (Å²) in [5, 5.41) is 0. The lowest BCUT2D eigenvalue weighted by Crippen LogP contribution is -2.40. The molecule has 0 N–H and O–H groups in total. The highest BCUT2D eigenvalue weighted by atomic mass is 32.1. The van der Waals surface area contributed by atoms with Gasteiger partial charge in [-0.15, -0.1) is 0 Å². The van der Waals surface area contributed by atoms with Crippen molar-refractivity contribution in [3.8, 4) is 23.0 Å². The van der Waals surface area contributed by atoms with Gasteiger partial charge in [-0.3, -0.25) is 9.36 Å². The lowest BCUT2D eigenvalue weighted by Gasteiger charge is -2.26. The van der Waals surface area contributed by atoms with Crippen molar-refractivity contribution in [3.05, 3.63) is 144 Å². The van der Waals surface area contributed by atoms with Crippen LogP contribution in [0, 0.1) is 5.82 Å². The van der Waals surface area contributed by atoms with E-state index in [4.69, 9.17) is 28.7 Å². The van der Waals surface area contributed by atoms with Gasteiger partial charge in [0.15, 0.2) is 27.8 Å². The first kappa shape index (κ1) is 33.2. The van der Waals surface area contributed by atoms with Crippen molar-refractivity contribution in [1.82, 2.24) is 4.57 Å². The number of aromatic nitrogens is 1. The molecule has 0 amide bonds. The Morgan fingerprint density at radius 1 is 0.898 bits per heavy atom. The first-order valence-electron chi connectivity index (χ1n) is 15.4. The summed E-state index contributed by atoms with van der Waals surface area (Å²) in [5.74, 6) is 0.677. The molecule has 0 fully saturated rings. The Hall–Kier alpha value is -5.68. The summed E-state index contributed by atoms with van der Waals surface area (Å²) in [7, 11) is 4.56. The molecule has 1 atom stereocenters. The smallest absolute Gasteiger partial charge is 0.338 e. The Balaban J connectivity index is 1.58. The second-order valence-corrected chi connectivity index (χ2v) is 11.8. The van der Waals surface area contributed by atoms with Gasteiger partial charge in [-0.25, -0.2) is 14.2 Å². The van der Waals surface area contributed by atoms with Crippen molar-refractivity contribution in [2.75, 3.05) is 27.9 Å². The highest BCUT2D eigenvalue weighted by Crippen LogP contribution is 2.39. The highest BCUT2D eigenvalue weighted by Gasteiger charge is 2.35. The molecule has 11 heteroatoms. The van der Waals surface area contributed by atoms with Crippen LogP contribution in [0.3, 0.4) is 0 Å². The molecule has 0 unspecified atom stereocenters. The number of nitrogens with zero attached hydrogens (tertiary/aromatic N) is 2. The maximum absolute atomic E-state index is 14.5. The number of rotatable bonds is 11. The third-order valence-corrected chi connectivity index (χ3v) is 8.93. The Morgan fingerprint density at radius 3 is 2.35 bits per heavy atom. The maximum atomic E-state index is 14.5. The van der Waals surface area contributed by atoms with E-state index in [1.807, 2.05) is 30.3 Å².